The number of carboxylic acid groups (broad SMARTS) is 1. The first-order valence-electron chi connectivity index (χ1n) is 8.31. The Labute approximate surface area is 144 Å². The third-order valence-corrected chi connectivity index (χ3v) is 4.76. The van der Waals surface area contributed by atoms with Crippen LogP contribution in [0.4, 0.5) is 4.79 Å². The number of aliphatic hydroxyl groups is 1. The summed E-state index contributed by atoms with van der Waals surface area (Å²) in [5.74, 6) is -1.81. The van der Waals surface area contributed by atoms with E-state index in [2.05, 4.69) is 5.32 Å². The zero-order valence-electron chi connectivity index (χ0n) is 14.1. The average Bonchev–Trinajstić information content (AvgIpc) is 3.22. The molecule has 2 aliphatic rings. The summed E-state index contributed by atoms with van der Waals surface area (Å²) in [5.41, 5.74) is 5.00. The molecular weight excluding hydrogens is 332 g/mol. The fraction of sp³-hybridized carbons (Fsp3) is 0.733. The Morgan fingerprint density at radius 1 is 1.08 bits per heavy atom. The summed E-state index contributed by atoms with van der Waals surface area (Å²) in [6.07, 6.45) is -0.559. The Morgan fingerprint density at radius 2 is 1.64 bits per heavy atom. The van der Waals surface area contributed by atoms with E-state index in [-0.39, 0.29) is 5.91 Å². The van der Waals surface area contributed by atoms with Gasteiger partial charge in [-0.3, -0.25) is 19.3 Å². The molecule has 10 heteroatoms. The SMILES string of the molecule is C[C@H](NC(=O)[C@@H]1CCCN1C(=O)[C@H]1CCCN1C(=O)O)[C@@H](O)C(N)=O. The van der Waals surface area contributed by atoms with E-state index in [1.54, 1.807) is 0 Å². The van der Waals surface area contributed by atoms with E-state index >= 15 is 0 Å². The summed E-state index contributed by atoms with van der Waals surface area (Å²) >= 11 is 0. The van der Waals surface area contributed by atoms with Crippen LogP contribution in [-0.2, 0) is 14.4 Å². The van der Waals surface area contributed by atoms with E-state index in [0.29, 0.717) is 38.8 Å². The normalized spacial score (nSPS) is 25.5. The van der Waals surface area contributed by atoms with Crippen LogP contribution in [0.15, 0.2) is 0 Å². The van der Waals surface area contributed by atoms with Gasteiger partial charge in [-0.25, -0.2) is 4.79 Å². The van der Waals surface area contributed by atoms with Crippen LogP contribution in [0.25, 0.3) is 0 Å². The number of likely N-dealkylation sites (tertiary alicyclic amines) is 2. The molecule has 0 aliphatic carbocycles. The van der Waals surface area contributed by atoms with E-state index in [9.17, 15) is 29.4 Å². The predicted octanol–water partition coefficient (Wildman–Crippen LogP) is -1.53. The Morgan fingerprint density at radius 3 is 2.20 bits per heavy atom. The minimum Gasteiger partial charge on any atom is -0.465 e. The van der Waals surface area contributed by atoms with Gasteiger partial charge in [-0.2, -0.15) is 0 Å². The van der Waals surface area contributed by atoms with Crippen molar-refractivity contribution >= 4 is 23.8 Å². The van der Waals surface area contributed by atoms with E-state index < -0.39 is 42.1 Å². The maximum absolute atomic E-state index is 12.7. The first kappa shape index (κ1) is 19.0. The van der Waals surface area contributed by atoms with Crippen LogP contribution >= 0.6 is 0 Å². The van der Waals surface area contributed by atoms with Gasteiger partial charge in [-0.1, -0.05) is 0 Å². The highest BCUT2D eigenvalue weighted by Crippen LogP contribution is 2.25. The monoisotopic (exact) mass is 356 g/mol. The Balaban J connectivity index is 2.04. The van der Waals surface area contributed by atoms with Crippen LogP contribution in [-0.4, -0.2) is 81.1 Å². The molecular formula is C15H24N4O6. The minimum absolute atomic E-state index is 0.304. The lowest BCUT2D eigenvalue weighted by atomic mass is 10.1. The Bertz CT molecular complexity index is 568. The van der Waals surface area contributed by atoms with Crippen LogP contribution in [0.3, 0.4) is 0 Å². The number of nitrogens with zero attached hydrogens (tertiary/aromatic N) is 2. The molecule has 140 valence electrons. The molecule has 2 heterocycles. The highest BCUT2D eigenvalue weighted by Gasteiger charge is 2.42. The van der Waals surface area contributed by atoms with Crippen LogP contribution in [0.2, 0.25) is 0 Å². The summed E-state index contributed by atoms with van der Waals surface area (Å²) in [6, 6.07) is -2.39. The van der Waals surface area contributed by atoms with Crippen LogP contribution < -0.4 is 11.1 Å². The van der Waals surface area contributed by atoms with Gasteiger partial charge in [0, 0.05) is 13.1 Å². The van der Waals surface area contributed by atoms with Gasteiger partial charge >= 0.3 is 6.09 Å². The lowest BCUT2D eigenvalue weighted by molar-refractivity contribution is -0.142. The summed E-state index contributed by atoms with van der Waals surface area (Å²) in [6.45, 7) is 2.11. The average molecular weight is 356 g/mol. The number of carbonyl (C=O) groups excluding carboxylic acids is 3. The smallest absolute Gasteiger partial charge is 0.407 e. The second-order valence-electron chi connectivity index (χ2n) is 6.47. The molecule has 0 saturated carbocycles. The zero-order valence-corrected chi connectivity index (χ0v) is 14.1. The highest BCUT2D eigenvalue weighted by molar-refractivity contribution is 5.92. The highest BCUT2D eigenvalue weighted by atomic mass is 16.4. The molecule has 4 atom stereocenters. The number of carbonyl (C=O) groups is 4. The molecule has 0 unspecified atom stereocenters. The van der Waals surface area contributed by atoms with Crippen molar-refractivity contribution in [2.75, 3.05) is 13.1 Å². The van der Waals surface area contributed by atoms with Crippen molar-refractivity contribution in [3.8, 4) is 0 Å². The quantitative estimate of drug-likeness (QED) is 0.469. The van der Waals surface area contributed by atoms with Crippen molar-refractivity contribution in [2.45, 2.75) is 56.8 Å². The second-order valence-corrected chi connectivity index (χ2v) is 6.47. The lowest BCUT2D eigenvalue weighted by Crippen LogP contribution is -2.55. The molecule has 0 aromatic rings. The fourth-order valence-corrected chi connectivity index (χ4v) is 3.39. The van der Waals surface area contributed by atoms with Crippen molar-refractivity contribution in [3.63, 3.8) is 0 Å². The molecule has 0 aromatic heterocycles. The van der Waals surface area contributed by atoms with Crippen molar-refractivity contribution < 1.29 is 29.4 Å². The molecule has 25 heavy (non-hydrogen) atoms. The molecule has 10 nitrogen and oxygen atoms in total. The Kier molecular flexibility index (Phi) is 5.83. The van der Waals surface area contributed by atoms with Gasteiger partial charge in [0.25, 0.3) is 0 Å². The molecule has 2 aliphatic heterocycles. The zero-order chi connectivity index (χ0) is 18.7. The first-order valence-corrected chi connectivity index (χ1v) is 8.31. The number of aliphatic hydroxyl groups excluding tert-OH is 1. The molecule has 2 fully saturated rings. The van der Waals surface area contributed by atoms with Crippen LogP contribution in [0.5, 0.6) is 0 Å². The summed E-state index contributed by atoms with van der Waals surface area (Å²) < 4.78 is 0. The number of hydrogen-bond donors (Lipinski definition) is 4. The number of nitrogens with one attached hydrogen (secondary N) is 1. The lowest BCUT2D eigenvalue weighted by Gasteiger charge is -2.30. The molecule has 0 bridgehead atoms. The summed E-state index contributed by atoms with van der Waals surface area (Å²) in [5, 5.41) is 21.3. The summed E-state index contributed by atoms with van der Waals surface area (Å²) in [4.78, 5) is 49.9. The topological polar surface area (TPSA) is 153 Å². The molecule has 2 rings (SSSR count). The number of hydrogen-bond acceptors (Lipinski definition) is 5. The van der Waals surface area contributed by atoms with E-state index in [1.807, 2.05) is 0 Å². The molecule has 5 N–H and O–H groups in total. The van der Waals surface area contributed by atoms with Gasteiger partial charge in [0.05, 0.1) is 6.04 Å². The van der Waals surface area contributed by atoms with Crippen molar-refractivity contribution in [1.29, 1.82) is 0 Å². The third-order valence-electron chi connectivity index (χ3n) is 4.76. The van der Waals surface area contributed by atoms with Gasteiger partial charge in [0.1, 0.15) is 12.1 Å². The van der Waals surface area contributed by atoms with Crippen molar-refractivity contribution in [2.24, 2.45) is 5.73 Å². The number of primary amides is 1. The van der Waals surface area contributed by atoms with Gasteiger partial charge < -0.3 is 26.2 Å². The van der Waals surface area contributed by atoms with Gasteiger partial charge in [0.15, 0.2) is 6.10 Å². The number of amides is 4. The first-order chi connectivity index (χ1) is 11.7. The minimum atomic E-state index is -1.52. The maximum atomic E-state index is 12.7. The van der Waals surface area contributed by atoms with Crippen molar-refractivity contribution in [3.05, 3.63) is 0 Å². The number of rotatable bonds is 5. The van der Waals surface area contributed by atoms with Gasteiger partial charge in [-0.15, -0.1) is 0 Å². The molecule has 0 aromatic carbocycles. The summed E-state index contributed by atoms with van der Waals surface area (Å²) in [7, 11) is 0. The van der Waals surface area contributed by atoms with E-state index in [1.165, 1.54) is 11.8 Å². The van der Waals surface area contributed by atoms with Gasteiger partial charge in [-0.05, 0) is 32.6 Å². The Hall–Kier alpha value is -2.36. The van der Waals surface area contributed by atoms with E-state index in [0.717, 1.165) is 4.90 Å². The van der Waals surface area contributed by atoms with Gasteiger partial charge in [0.2, 0.25) is 17.7 Å². The molecule has 2 saturated heterocycles. The van der Waals surface area contributed by atoms with E-state index in [4.69, 9.17) is 5.73 Å². The third kappa shape index (κ3) is 4.01. The number of nitrogens with two attached hydrogens (primary N) is 1. The fourth-order valence-electron chi connectivity index (χ4n) is 3.39. The molecule has 0 radical (unpaired) electrons. The molecule has 0 spiro atoms. The largest absolute Gasteiger partial charge is 0.465 e. The molecule has 4 amide bonds. The second kappa shape index (κ2) is 7.68. The van der Waals surface area contributed by atoms with Crippen molar-refractivity contribution in [1.82, 2.24) is 15.1 Å². The van der Waals surface area contributed by atoms with Crippen LogP contribution in [0.1, 0.15) is 32.6 Å². The standard InChI is InChI=1S/C15H24N4O6/c1-8(11(20)12(16)21)17-13(22)9-4-2-6-18(9)14(23)10-5-3-7-19(10)15(24)25/h8-11,20H,2-7H2,1H3,(H2,16,21)(H,17,22)(H,24,25)/t8-,9-,10+,11+/m0/s1. The van der Waals surface area contributed by atoms with Crippen LogP contribution in [0, 0.1) is 0 Å². The maximum Gasteiger partial charge on any atom is 0.407 e. The predicted molar refractivity (Wildman–Crippen MR) is 85.3 cm³/mol.